The van der Waals surface area contributed by atoms with Gasteiger partial charge in [-0.3, -0.25) is 9.59 Å². The predicted octanol–water partition coefficient (Wildman–Crippen LogP) is 4.12. The molecule has 0 saturated heterocycles. The van der Waals surface area contributed by atoms with Crippen LogP contribution in [0, 0.1) is 0 Å². The highest BCUT2D eigenvalue weighted by Crippen LogP contribution is 2.12. The second-order valence-corrected chi connectivity index (χ2v) is 8.53. The average Bonchev–Trinajstić information content (AvgIpc) is 2.53. The van der Waals surface area contributed by atoms with Gasteiger partial charge in [-0.1, -0.05) is 24.3 Å². The molecule has 0 spiro atoms. The zero-order valence-corrected chi connectivity index (χ0v) is 16.5. The number of carbonyl (C=O) groups excluding carboxylic acids is 2. The number of alkyl halides is 1. The Morgan fingerprint density at radius 3 is 1.62 bits per heavy atom. The molecule has 0 radical (unpaired) electrons. The molecule has 0 fully saturated rings. The van der Waals surface area contributed by atoms with E-state index in [2.05, 4.69) is 21.4 Å². The Morgan fingerprint density at radius 2 is 1.31 bits per heavy atom. The highest BCUT2D eigenvalue weighted by Gasteiger charge is 2.03. The van der Waals surface area contributed by atoms with Crippen LogP contribution in [0.15, 0.2) is 48.5 Å². The van der Waals surface area contributed by atoms with Gasteiger partial charge in [0.15, 0.2) is 11.6 Å². The number of rotatable bonds is 3. The van der Waals surface area contributed by atoms with Crippen LogP contribution in [0.2, 0.25) is 0 Å². The molecule has 10 heteroatoms. The maximum Gasteiger partial charge on any atom is 0.317 e. The van der Waals surface area contributed by atoms with Crippen LogP contribution in [0.4, 0.5) is 0 Å². The van der Waals surface area contributed by atoms with Crippen LogP contribution >= 0.6 is 33.0 Å². The molecule has 142 valence electrons. The van der Waals surface area contributed by atoms with Gasteiger partial charge in [-0.2, -0.15) is 8.42 Å². The highest BCUT2D eigenvalue weighted by molar-refractivity contribution is 8.31. The molecule has 2 aromatic rings. The van der Waals surface area contributed by atoms with Crippen molar-refractivity contribution in [1.29, 1.82) is 0 Å². The molecule has 2 aromatic carbocycles. The van der Waals surface area contributed by atoms with Crippen LogP contribution in [0.25, 0.3) is 0 Å². The van der Waals surface area contributed by atoms with E-state index in [4.69, 9.17) is 30.2 Å². The standard InChI is InChI=1S/C8H7ClO2.C8H8O2.Cl2O2S/c9-5-8(11)6-2-1-3-7(10)4-6;1-6(9)7-3-2-4-8(10)5-7;1-5(2,3)4/h1-4,10H,5H2;2-5,10H,1H3;. The summed E-state index contributed by atoms with van der Waals surface area (Å²) in [5.41, 5.74) is 0.986. The van der Waals surface area contributed by atoms with E-state index < -0.39 is 8.26 Å². The Bertz CT molecular complexity index is 845. The zero-order chi connectivity index (χ0) is 20.3. The van der Waals surface area contributed by atoms with Gasteiger partial charge in [-0.05, 0) is 31.2 Å². The number of phenols is 2. The maximum absolute atomic E-state index is 10.9. The first-order chi connectivity index (χ1) is 11.9. The number of halogens is 3. The van der Waals surface area contributed by atoms with Gasteiger partial charge >= 0.3 is 8.26 Å². The molecule has 0 atom stereocenters. The fraction of sp³-hybridized carbons (Fsp3) is 0.125. The van der Waals surface area contributed by atoms with Crippen molar-refractivity contribution in [2.45, 2.75) is 6.92 Å². The summed E-state index contributed by atoms with van der Waals surface area (Å²) in [6.07, 6.45) is 0. The first-order valence-corrected chi connectivity index (χ1v) is 10.4. The maximum atomic E-state index is 10.9. The Kier molecular flexibility index (Phi) is 10.9. The molecule has 2 rings (SSSR count). The van der Waals surface area contributed by atoms with Gasteiger partial charge in [-0.25, -0.2) is 0 Å². The smallest absolute Gasteiger partial charge is 0.317 e. The number of aromatic hydroxyl groups is 2. The van der Waals surface area contributed by atoms with Crippen molar-refractivity contribution in [3.8, 4) is 11.5 Å². The molecular weight excluding hydrogens is 427 g/mol. The predicted molar refractivity (Wildman–Crippen MR) is 102 cm³/mol. The van der Waals surface area contributed by atoms with Gasteiger partial charge in [0.25, 0.3) is 0 Å². The fourth-order valence-corrected chi connectivity index (χ4v) is 1.64. The van der Waals surface area contributed by atoms with Gasteiger partial charge in [0, 0.05) is 32.5 Å². The van der Waals surface area contributed by atoms with Crippen molar-refractivity contribution < 1.29 is 28.2 Å². The summed E-state index contributed by atoms with van der Waals surface area (Å²) in [6, 6.07) is 12.4. The van der Waals surface area contributed by atoms with Gasteiger partial charge in [0.05, 0.1) is 5.88 Å². The van der Waals surface area contributed by atoms with E-state index in [1.54, 1.807) is 24.3 Å². The summed E-state index contributed by atoms with van der Waals surface area (Å²) < 4.78 is 18.3. The Labute approximate surface area is 164 Å². The van der Waals surface area contributed by atoms with Crippen molar-refractivity contribution >= 4 is 52.8 Å². The SMILES string of the molecule is CC(=O)c1cccc(O)c1.O=C(CCl)c1cccc(O)c1.O=S(=O)(Cl)Cl. The quantitative estimate of drug-likeness (QED) is 0.421. The second kappa shape index (κ2) is 11.7. The molecular formula is C16H15Cl3O6S. The third kappa shape index (κ3) is 12.5. The largest absolute Gasteiger partial charge is 0.508 e. The lowest BCUT2D eigenvalue weighted by Crippen LogP contribution is -1.98. The minimum Gasteiger partial charge on any atom is -0.508 e. The lowest BCUT2D eigenvalue weighted by molar-refractivity contribution is 0.101. The normalized spacial score (nSPS) is 9.85. The van der Waals surface area contributed by atoms with Crippen LogP contribution in [0.3, 0.4) is 0 Å². The molecule has 0 unspecified atom stereocenters. The van der Waals surface area contributed by atoms with Gasteiger partial charge in [-0.15, -0.1) is 11.6 Å². The van der Waals surface area contributed by atoms with Gasteiger partial charge < -0.3 is 10.2 Å². The van der Waals surface area contributed by atoms with E-state index in [0.29, 0.717) is 11.1 Å². The molecule has 0 aliphatic heterocycles. The first kappa shape index (κ1) is 24.2. The summed E-state index contributed by atoms with van der Waals surface area (Å²) in [6.45, 7) is 1.47. The molecule has 0 amide bonds. The van der Waals surface area contributed by atoms with Gasteiger partial charge in [0.1, 0.15) is 11.5 Å². The van der Waals surface area contributed by atoms with Crippen LogP contribution < -0.4 is 0 Å². The average molecular weight is 442 g/mol. The molecule has 0 bridgehead atoms. The van der Waals surface area contributed by atoms with E-state index >= 15 is 0 Å². The Morgan fingerprint density at radius 1 is 0.923 bits per heavy atom. The van der Waals surface area contributed by atoms with E-state index in [1.165, 1.54) is 31.2 Å². The topological polar surface area (TPSA) is 109 Å². The molecule has 0 heterocycles. The van der Waals surface area contributed by atoms with E-state index in [1.807, 2.05) is 0 Å². The third-order valence-corrected chi connectivity index (χ3v) is 2.78. The molecule has 0 aliphatic rings. The van der Waals surface area contributed by atoms with Crippen molar-refractivity contribution in [1.82, 2.24) is 0 Å². The van der Waals surface area contributed by atoms with Crippen LogP contribution in [0.5, 0.6) is 11.5 Å². The second-order valence-electron chi connectivity index (χ2n) is 4.59. The number of ketones is 2. The summed E-state index contributed by atoms with van der Waals surface area (Å²) in [5.74, 6) is -0.0455. The molecule has 0 aliphatic carbocycles. The molecule has 0 saturated carbocycles. The Balaban J connectivity index is 0.000000387. The molecule has 2 N–H and O–H groups in total. The number of phenolic OH excluding ortho intramolecular Hbond substituents is 2. The summed E-state index contributed by atoms with van der Waals surface area (Å²) in [4.78, 5) is 21.6. The van der Waals surface area contributed by atoms with Gasteiger partial charge in [0.2, 0.25) is 0 Å². The summed E-state index contributed by atoms with van der Waals surface area (Å²) in [7, 11) is 4.81. The summed E-state index contributed by atoms with van der Waals surface area (Å²) in [5, 5.41) is 17.9. The monoisotopic (exact) mass is 440 g/mol. The first-order valence-electron chi connectivity index (χ1n) is 6.76. The number of benzene rings is 2. The van der Waals surface area contributed by atoms with Crippen molar-refractivity contribution in [2.24, 2.45) is 0 Å². The third-order valence-electron chi connectivity index (χ3n) is 2.54. The van der Waals surface area contributed by atoms with Crippen molar-refractivity contribution in [3.63, 3.8) is 0 Å². The fourth-order valence-electron chi connectivity index (χ4n) is 1.48. The zero-order valence-electron chi connectivity index (χ0n) is 13.4. The van der Waals surface area contributed by atoms with E-state index in [-0.39, 0.29) is 28.9 Å². The van der Waals surface area contributed by atoms with E-state index in [9.17, 15) is 9.59 Å². The van der Waals surface area contributed by atoms with Crippen molar-refractivity contribution in [3.05, 3.63) is 59.7 Å². The molecule has 0 aromatic heterocycles. The highest BCUT2D eigenvalue weighted by atomic mass is 36.0. The number of Topliss-reactive ketones (excluding diaryl/α,β-unsaturated/α-hetero) is 2. The van der Waals surface area contributed by atoms with E-state index in [0.717, 1.165) is 0 Å². The minimum atomic E-state index is -3.72. The summed E-state index contributed by atoms with van der Waals surface area (Å²) >= 11 is 5.31. The van der Waals surface area contributed by atoms with Crippen LogP contribution in [0.1, 0.15) is 27.6 Å². The molecule has 26 heavy (non-hydrogen) atoms. The van der Waals surface area contributed by atoms with Crippen molar-refractivity contribution in [2.75, 3.05) is 5.88 Å². The number of hydrogen-bond donors (Lipinski definition) is 2. The number of carbonyl (C=O) groups is 2. The molecule has 6 nitrogen and oxygen atoms in total. The lowest BCUT2D eigenvalue weighted by atomic mass is 10.1. The lowest BCUT2D eigenvalue weighted by Gasteiger charge is -1.96. The number of hydrogen-bond acceptors (Lipinski definition) is 6. The minimum absolute atomic E-state index is 0.0316. The van der Waals surface area contributed by atoms with Crippen LogP contribution in [-0.2, 0) is 8.26 Å². The Hall–Kier alpha value is -1.80. The van der Waals surface area contributed by atoms with Crippen LogP contribution in [-0.4, -0.2) is 36.1 Å².